The van der Waals surface area contributed by atoms with Gasteiger partial charge >= 0.3 is 0 Å². The summed E-state index contributed by atoms with van der Waals surface area (Å²) in [4.78, 5) is 8.29. The maximum atomic E-state index is 5.68. The molecule has 0 spiro atoms. The van der Waals surface area contributed by atoms with Crippen molar-refractivity contribution in [2.24, 2.45) is 5.92 Å². The van der Waals surface area contributed by atoms with Crippen LogP contribution in [-0.2, 0) is 6.42 Å². The van der Waals surface area contributed by atoms with Gasteiger partial charge in [-0.25, -0.2) is 4.98 Å². The molecule has 33 heavy (non-hydrogen) atoms. The molecular formula is C27H34N2S4. The number of thiophene rings is 1. The van der Waals surface area contributed by atoms with E-state index in [0.717, 1.165) is 36.0 Å². The largest absolute Gasteiger partial charge is 0.367 e. The molecular weight excluding hydrogens is 481 g/mol. The van der Waals surface area contributed by atoms with E-state index in [2.05, 4.69) is 56.4 Å². The highest BCUT2D eigenvalue weighted by Gasteiger charge is 2.13. The third-order valence-electron chi connectivity index (χ3n) is 6.08. The van der Waals surface area contributed by atoms with Crippen LogP contribution in [0.4, 0.5) is 0 Å². The van der Waals surface area contributed by atoms with Crippen molar-refractivity contribution in [3.05, 3.63) is 46.5 Å². The Hall–Kier alpha value is -1.21. The van der Waals surface area contributed by atoms with E-state index >= 15 is 0 Å². The quantitative estimate of drug-likeness (QED) is 0.119. The Morgan fingerprint density at radius 2 is 2.03 bits per heavy atom. The van der Waals surface area contributed by atoms with Crippen molar-refractivity contribution in [1.29, 1.82) is 0 Å². The first kappa shape index (κ1) is 24.9. The smallest absolute Gasteiger partial charge is 0.135 e. The number of unbranched alkanes of at least 4 members (excludes halogenated alkanes) is 2. The summed E-state index contributed by atoms with van der Waals surface area (Å²) in [5.41, 5.74) is 2.86. The fourth-order valence-corrected chi connectivity index (χ4v) is 7.49. The number of benzene rings is 1. The number of thiazole rings is 1. The number of aromatic nitrogens is 1. The lowest BCUT2D eigenvalue weighted by Crippen LogP contribution is -2.23. The van der Waals surface area contributed by atoms with E-state index < -0.39 is 0 Å². The molecule has 0 radical (unpaired) electrons. The van der Waals surface area contributed by atoms with Crippen molar-refractivity contribution < 1.29 is 0 Å². The number of thioether (sulfide) groups is 1. The summed E-state index contributed by atoms with van der Waals surface area (Å²) in [7, 11) is 0. The second-order valence-corrected chi connectivity index (χ2v) is 12.8. The molecule has 6 heteroatoms. The summed E-state index contributed by atoms with van der Waals surface area (Å²) >= 11 is 11.2. The zero-order chi connectivity index (χ0) is 23.2. The number of rotatable bonds is 11. The van der Waals surface area contributed by atoms with Crippen LogP contribution >= 0.6 is 46.7 Å². The predicted molar refractivity (Wildman–Crippen MR) is 154 cm³/mol. The second-order valence-electron chi connectivity index (χ2n) is 9.20. The number of hydrogen-bond donors (Lipinski definition) is 1. The lowest BCUT2D eigenvalue weighted by atomic mass is 9.94. The Morgan fingerprint density at radius 3 is 2.79 bits per heavy atom. The van der Waals surface area contributed by atoms with Crippen LogP contribution in [0, 0.1) is 5.92 Å². The molecule has 0 amide bonds. The molecule has 0 saturated heterocycles. The van der Waals surface area contributed by atoms with Gasteiger partial charge in [-0.05, 0) is 68.2 Å². The van der Waals surface area contributed by atoms with Gasteiger partial charge in [-0.15, -0.1) is 34.4 Å². The number of nitrogens with zero attached hydrogens (tertiary/aromatic N) is 1. The summed E-state index contributed by atoms with van der Waals surface area (Å²) in [5.74, 6) is 1.52. The van der Waals surface area contributed by atoms with E-state index in [0.29, 0.717) is 0 Å². The highest BCUT2D eigenvalue weighted by atomic mass is 32.2. The van der Waals surface area contributed by atoms with Crippen LogP contribution in [-0.4, -0.2) is 15.8 Å². The third-order valence-corrected chi connectivity index (χ3v) is 9.70. The fraction of sp³-hybridized carbons (Fsp3) is 0.481. The maximum Gasteiger partial charge on any atom is 0.135 e. The first-order valence-electron chi connectivity index (χ1n) is 12.1. The number of aryl methyl sites for hydroxylation is 1. The van der Waals surface area contributed by atoms with E-state index in [1.807, 2.05) is 34.4 Å². The van der Waals surface area contributed by atoms with Gasteiger partial charge in [0.25, 0.3) is 0 Å². The van der Waals surface area contributed by atoms with E-state index in [1.54, 1.807) is 5.57 Å². The Balaban J connectivity index is 1.33. The average Bonchev–Trinajstić information content (AvgIpc) is 3.36. The Bertz CT molecular complexity index is 1170. The Labute approximate surface area is 216 Å². The normalized spacial score (nSPS) is 14.2. The van der Waals surface area contributed by atoms with Crippen molar-refractivity contribution in [2.75, 3.05) is 5.88 Å². The monoisotopic (exact) mass is 514 g/mol. The molecule has 1 aromatic carbocycles. The van der Waals surface area contributed by atoms with Gasteiger partial charge in [-0.1, -0.05) is 63.6 Å². The van der Waals surface area contributed by atoms with Crippen molar-refractivity contribution in [3.8, 4) is 0 Å². The van der Waals surface area contributed by atoms with Gasteiger partial charge in [0.2, 0.25) is 0 Å². The molecule has 1 aliphatic carbocycles. The Kier molecular flexibility index (Phi) is 9.03. The van der Waals surface area contributed by atoms with Gasteiger partial charge in [0, 0.05) is 15.0 Å². The van der Waals surface area contributed by atoms with Crippen LogP contribution in [0.1, 0.15) is 70.7 Å². The SMILES string of the molecule is CCCCCC1=CC=C(C(=S)NCSc2ccc3sc4nc(CCC(C)C)sc4c3c2)CC1. The highest BCUT2D eigenvalue weighted by Crippen LogP contribution is 2.39. The van der Waals surface area contributed by atoms with Crippen molar-refractivity contribution in [3.63, 3.8) is 0 Å². The second kappa shape index (κ2) is 12.0. The van der Waals surface area contributed by atoms with Crippen LogP contribution in [0.2, 0.25) is 0 Å². The summed E-state index contributed by atoms with van der Waals surface area (Å²) in [6.45, 7) is 6.82. The topological polar surface area (TPSA) is 24.9 Å². The van der Waals surface area contributed by atoms with E-state index in [4.69, 9.17) is 17.2 Å². The van der Waals surface area contributed by atoms with Gasteiger partial charge in [0.15, 0.2) is 0 Å². The maximum absolute atomic E-state index is 5.68. The zero-order valence-corrected chi connectivity index (χ0v) is 23.2. The van der Waals surface area contributed by atoms with Crippen molar-refractivity contribution in [2.45, 2.75) is 77.0 Å². The van der Waals surface area contributed by atoms with Gasteiger partial charge < -0.3 is 5.32 Å². The average molecular weight is 515 g/mol. The van der Waals surface area contributed by atoms with Crippen LogP contribution in [0.25, 0.3) is 19.6 Å². The Morgan fingerprint density at radius 1 is 1.15 bits per heavy atom. The van der Waals surface area contributed by atoms with Gasteiger partial charge in [-0.2, -0.15) is 0 Å². The molecule has 2 nitrogen and oxygen atoms in total. The summed E-state index contributed by atoms with van der Waals surface area (Å²) in [5, 5.41) is 6.10. The molecule has 1 aliphatic rings. The minimum Gasteiger partial charge on any atom is -0.367 e. The number of allylic oxidation sites excluding steroid dienone is 3. The summed E-state index contributed by atoms with van der Waals surface area (Å²) < 4.78 is 2.69. The molecule has 0 atom stereocenters. The van der Waals surface area contributed by atoms with Gasteiger partial charge in [-0.3, -0.25) is 0 Å². The molecule has 0 aliphatic heterocycles. The summed E-state index contributed by atoms with van der Waals surface area (Å²) in [6.07, 6.45) is 14.2. The number of fused-ring (bicyclic) bond motifs is 3. The molecule has 3 aromatic rings. The van der Waals surface area contributed by atoms with Crippen LogP contribution < -0.4 is 5.32 Å². The number of thiocarbonyl (C=S) groups is 1. The fourth-order valence-electron chi connectivity index (χ4n) is 4.05. The van der Waals surface area contributed by atoms with Crippen LogP contribution in [0.5, 0.6) is 0 Å². The van der Waals surface area contributed by atoms with E-state index in [-0.39, 0.29) is 0 Å². The third kappa shape index (κ3) is 6.68. The van der Waals surface area contributed by atoms with Crippen molar-refractivity contribution >= 4 is 71.3 Å². The minimum absolute atomic E-state index is 0.721. The molecule has 0 unspecified atom stereocenters. The van der Waals surface area contributed by atoms with Crippen LogP contribution in [0.3, 0.4) is 0 Å². The lowest BCUT2D eigenvalue weighted by molar-refractivity contribution is 0.586. The molecule has 176 valence electrons. The van der Waals surface area contributed by atoms with E-state index in [9.17, 15) is 0 Å². The number of nitrogens with one attached hydrogen (secondary N) is 1. The first-order chi connectivity index (χ1) is 16.0. The molecule has 1 N–H and O–H groups in total. The molecule has 4 rings (SSSR count). The van der Waals surface area contributed by atoms with E-state index in [1.165, 1.54) is 67.2 Å². The summed E-state index contributed by atoms with van der Waals surface area (Å²) in [6, 6.07) is 6.80. The molecule has 2 heterocycles. The number of hydrogen-bond acceptors (Lipinski definition) is 5. The highest BCUT2D eigenvalue weighted by molar-refractivity contribution is 7.99. The van der Waals surface area contributed by atoms with Crippen LogP contribution in [0.15, 0.2) is 46.4 Å². The molecule has 0 bridgehead atoms. The van der Waals surface area contributed by atoms with Crippen molar-refractivity contribution in [1.82, 2.24) is 10.3 Å². The lowest BCUT2D eigenvalue weighted by Gasteiger charge is -2.16. The molecule has 0 fully saturated rings. The first-order valence-corrected chi connectivity index (χ1v) is 15.2. The minimum atomic E-state index is 0.721. The zero-order valence-electron chi connectivity index (χ0n) is 19.9. The van der Waals surface area contributed by atoms with Gasteiger partial charge in [0.1, 0.15) is 9.82 Å². The molecule has 0 saturated carbocycles. The predicted octanol–water partition coefficient (Wildman–Crippen LogP) is 9.29. The molecule has 2 aromatic heterocycles. The standard InChI is InChI=1S/C27H34N2S4/c1-4-5-6-7-19-9-11-20(12-10-19)26(30)28-17-31-21-13-14-23-22(16-21)25-27(32-23)29-24(33-25)15-8-18(2)3/h9,11,13-14,16,18H,4-8,10,12,15,17H2,1-3H3,(H,28,30). The van der Waals surface area contributed by atoms with Gasteiger partial charge in [0.05, 0.1) is 15.6 Å².